The smallest absolute Gasteiger partial charge is 0.338 e. The average molecular weight is 427 g/mol. The number of fused-ring (bicyclic) bond motifs is 1. The van der Waals surface area contributed by atoms with Gasteiger partial charge in [0.15, 0.2) is 5.82 Å². The van der Waals surface area contributed by atoms with Gasteiger partial charge in [0.1, 0.15) is 6.17 Å². The Morgan fingerprint density at radius 1 is 1.29 bits per heavy atom. The van der Waals surface area contributed by atoms with Gasteiger partial charge in [-0.05, 0) is 44.3 Å². The fourth-order valence-electron chi connectivity index (χ4n) is 3.84. The molecule has 0 saturated carbocycles. The molecule has 1 amide bonds. The van der Waals surface area contributed by atoms with E-state index in [2.05, 4.69) is 20.5 Å². The van der Waals surface area contributed by atoms with Crippen molar-refractivity contribution in [3.63, 3.8) is 0 Å². The second kappa shape index (κ2) is 9.65. The fourth-order valence-corrected chi connectivity index (χ4v) is 3.84. The van der Waals surface area contributed by atoms with Crippen LogP contribution >= 0.6 is 0 Å². The zero-order chi connectivity index (χ0) is 22.5. The van der Waals surface area contributed by atoms with E-state index in [4.69, 9.17) is 5.73 Å². The van der Waals surface area contributed by atoms with Crippen LogP contribution < -0.4 is 21.3 Å². The van der Waals surface area contributed by atoms with Gasteiger partial charge in [-0.1, -0.05) is 19.1 Å². The van der Waals surface area contributed by atoms with E-state index in [0.29, 0.717) is 17.9 Å². The molecule has 0 bridgehead atoms. The summed E-state index contributed by atoms with van der Waals surface area (Å²) in [5.74, 6) is -0.985. The van der Waals surface area contributed by atoms with Gasteiger partial charge in [0.2, 0.25) is 5.91 Å². The summed E-state index contributed by atoms with van der Waals surface area (Å²) in [6, 6.07) is 9.18. The highest BCUT2D eigenvalue weighted by Crippen LogP contribution is 2.44. The number of carboxylic acids is 1. The first kappa shape index (κ1) is 22.4. The molecule has 2 atom stereocenters. The van der Waals surface area contributed by atoms with Crippen LogP contribution in [0.2, 0.25) is 0 Å². The Morgan fingerprint density at radius 3 is 2.58 bits per heavy atom. The Bertz CT molecular complexity index is 931. The highest BCUT2D eigenvalue weighted by molar-refractivity contribution is 5.99. The number of nitrogens with two attached hydrogens (primary N) is 1. The molecule has 1 aromatic carbocycles. The van der Waals surface area contributed by atoms with Crippen molar-refractivity contribution < 1.29 is 14.7 Å². The molecular weight excluding hydrogens is 396 g/mol. The Balaban J connectivity index is 1.94. The van der Waals surface area contributed by atoms with Gasteiger partial charge in [-0.2, -0.15) is 0 Å². The van der Waals surface area contributed by atoms with E-state index >= 15 is 0 Å². The molecule has 31 heavy (non-hydrogen) atoms. The minimum Gasteiger partial charge on any atom is -0.478 e. The largest absolute Gasteiger partial charge is 0.478 e. The highest BCUT2D eigenvalue weighted by atomic mass is 16.4. The molecule has 0 saturated heterocycles. The van der Waals surface area contributed by atoms with Crippen molar-refractivity contribution in [3.05, 3.63) is 47.7 Å². The van der Waals surface area contributed by atoms with Gasteiger partial charge in [-0.3, -0.25) is 4.79 Å². The third-order valence-electron chi connectivity index (χ3n) is 5.38. The lowest BCUT2D eigenvalue weighted by molar-refractivity contribution is -0.118. The molecule has 5 N–H and O–H groups in total. The lowest BCUT2D eigenvalue weighted by Crippen LogP contribution is -2.40. The Kier molecular flexibility index (Phi) is 6.96. The van der Waals surface area contributed by atoms with Gasteiger partial charge in [0.25, 0.3) is 0 Å². The third-order valence-corrected chi connectivity index (χ3v) is 5.38. The van der Waals surface area contributed by atoms with Crippen molar-refractivity contribution in [2.75, 3.05) is 42.7 Å². The van der Waals surface area contributed by atoms with Crippen molar-refractivity contribution in [1.29, 1.82) is 0 Å². The van der Waals surface area contributed by atoms with Crippen molar-refractivity contribution >= 4 is 29.1 Å². The van der Waals surface area contributed by atoms with Crippen molar-refractivity contribution in [3.8, 4) is 0 Å². The number of hydrogen-bond donors (Lipinski definition) is 4. The normalized spacial score (nSPS) is 16.0. The number of anilines is 3. The Hall–Kier alpha value is -3.33. The quantitative estimate of drug-likeness (QED) is 0.456. The van der Waals surface area contributed by atoms with Crippen molar-refractivity contribution in [2.24, 2.45) is 5.73 Å². The van der Waals surface area contributed by atoms with Gasteiger partial charge >= 0.3 is 5.97 Å². The zero-order valence-electron chi connectivity index (χ0n) is 18.1. The molecule has 166 valence electrons. The van der Waals surface area contributed by atoms with E-state index in [1.807, 2.05) is 50.2 Å². The lowest BCUT2D eigenvalue weighted by Gasteiger charge is -2.34. The molecule has 3 rings (SSSR count). The van der Waals surface area contributed by atoms with Gasteiger partial charge in [-0.25, -0.2) is 9.78 Å². The van der Waals surface area contributed by atoms with Gasteiger partial charge < -0.3 is 31.3 Å². The summed E-state index contributed by atoms with van der Waals surface area (Å²) < 4.78 is 0. The second-order valence-electron chi connectivity index (χ2n) is 7.90. The first-order valence-corrected chi connectivity index (χ1v) is 10.4. The van der Waals surface area contributed by atoms with Gasteiger partial charge in [0, 0.05) is 37.4 Å². The lowest BCUT2D eigenvalue weighted by atomic mass is 10.0. The number of carboxylic acid groups (broad SMARTS) is 1. The van der Waals surface area contributed by atoms with Crippen LogP contribution in [0.15, 0.2) is 36.5 Å². The van der Waals surface area contributed by atoms with Crippen LogP contribution in [0.25, 0.3) is 0 Å². The molecule has 0 fully saturated rings. The summed E-state index contributed by atoms with van der Waals surface area (Å²) >= 11 is 0. The van der Waals surface area contributed by atoms with E-state index in [0.717, 1.165) is 24.3 Å². The monoisotopic (exact) mass is 426 g/mol. The number of likely N-dealkylation sites (N-methyl/N-ethyl adjacent to an activating group) is 1. The molecular formula is C22H30N6O3. The summed E-state index contributed by atoms with van der Waals surface area (Å²) in [4.78, 5) is 32.0. The van der Waals surface area contributed by atoms with Crippen LogP contribution in [0, 0.1) is 0 Å². The minimum atomic E-state index is -1.04. The number of pyridine rings is 1. The third kappa shape index (κ3) is 5.05. The molecule has 0 radical (unpaired) electrons. The standard InChI is InChI=1S/C22H30N6O3/c1-4-16(13-18(23)29)28-19-17(22(30)31)9-10-25-20(19)26-21(28)14-5-7-15(8-6-14)24-11-12-27(2)3/h5-10,16,21,24H,4,11-13H2,1-3H3,(H2,23,29)(H,25,26)(H,30,31). The number of aromatic carboxylic acids is 1. The average Bonchev–Trinajstić information content (AvgIpc) is 3.11. The SMILES string of the molecule is CCC(CC(N)=O)N1c2c(C(=O)O)ccnc2NC1c1ccc(NCCN(C)C)cc1. The number of carbonyl (C=O) groups is 2. The molecule has 9 heteroatoms. The number of rotatable bonds is 10. The Labute approximate surface area is 182 Å². The van der Waals surface area contributed by atoms with Crippen LogP contribution in [0.1, 0.15) is 41.9 Å². The van der Waals surface area contributed by atoms with Crippen LogP contribution in [0.5, 0.6) is 0 Å². The van der Waals surface area contributed by atoms with Crippen LogP contribution in [-0.2, 0) is 4.79 Å². The predicted octanol–water partition coefficient (Wildman–Crippen LogP) is 2.34. The number of primary amides is 1. The fraction of sp³-hybridized carbons (Fsp3) is 0.409. The van der Waals surface area contributed by atoms with Gasteiger partial charge in [0.05, 0.1) is 11.3 Å². The summed E-state index contributed by atoms with van der Waals surface area (Å²) in [5, 5.41) is 16.4. The number of nitrogens with one attached hydrogen (secondary N) is 2. The first-order valence-electron chi connectivity index (χ1n) is 10.4. The minimum absolute atomic E-state index is 0.117. The predicted molar refractivity (Wildman–Crippen MR) is 121 cm³/mol. The van der Waals surface area contributed by atoms with E-state index in [9.17, 15) is 14.7 Å². The topological polar surface area (TPSA) is 124 Å². The molecule has 1 aliphatic heterocycles. The summed E-state index contributed by atoms with van der Waals surface area (Å²) in [6.07, 6.45) is 1.86. The second-order valence-corrected chi connectivity index (χ2v) is 7.90. The molecule has 2 aromatic rings. The van der Waals surface area contributed by atoms with E-state index < -0.39 is 11.9 Å². The number of benzene rings is 1. The maximum atomic E-state index is 11.9. The number of nitrogens with zero attached hydrogens (tertiary/aromatic N) is 3. The molecule has 1 aliphatic rings. The maximum Gasteiger partial charge on any atom is 0.338 e. The van der Waals surface area contributed by atoms with Crippen LogP contribution in [0.3, 0.4) is 0 Å². The molecule has 0 aliphatic carbocycles. The summed E-state index contributed by atoms with van der Waals surface area (Å²) in [6.45, 7) is 3.70. The van der Waals surface area contributed by atoms with E-state index in [1.165, 1.54) is 12.3 Å². The molecule has 2 unspecified atom stereocenters. The number of carbonyl (C=O) groups excluding carboxylic acids is 1. The maximum absolute atomic E-state index is 11.9. The number of hydrogen-bond acceptors (Lipinski definition) is 7. The number of amides is 1. The molecule has 1 aromatic heterocycles. The molecule has 2 heterocycles. The number of aromatic nitrogens is 1. The zero-order valence-corrected chi connectivity index (χ0v) is 18.1. The summed E-state index contributed by atoms with van der Waals surface area (Å²) in [7, 11) is 4.05. The van der Waals surface area contributed by atoms with Crippen LogP contribution in [-0.4, -0.2) is 60.1 Å². The van der Waals surface area contributed by atoms with Gasteiger partial charge in [-0.15, -0.1) is 0 Å². The first-order chi connectivity index (χ1) is 14.8. The molecule has 9 nitrogen and oxygen atoms in total. The van der Waals surface area contributed by atoms with Crippen molar-refractivity contribution in [1.82, 2.24) is 9.88 Å². The Morgan fingerprint density at radius 2 is 2.00 bits per heavy atom. The molecule has 0 spiro atoms. The highest BCUT2D eigenvalue weighted by Gasteiger charge is 2.38. The van der Waals surface area contributed by atoms with E-state index in [1.54, 1.807) is 0 Å². The summed E-state index contributed by atoms with van der Waals surface area (Å²) in [5.41, 5.74) is 8.07. The van der Waals surface area contributed by atoms with Crippen LogP contribution in [0.4, 0.5) is 17.2 Å². The van der Waals surface area contributed by atoms with Crippen molar-refractivity contribution in [2.45, 2.75) is 32.0 Å². The van der Waals surface area contributed by atoms with E-state index in [-0.39, 0.29) is 24.2 Å².